The minimum absolute atomic E-state index is 0.00794. The number of anilines is 2. The Kier molecular flexibility index (Phi) is 7.73. The SMILES string of the molecule is CCOc1cccc(NC(=O)CC2C(=O)N(c3ccc(F)cc3)C(=S)N2NC(=O)c2cccc(F)c2)c1. The predicted molar refractivity (Wildman–Crippen MR) is 137 cm³/mol. The highest BCUT2D eigenvalue weighted by Gasteiger charge is 2.45. The van der Waals surface area contributed by atoms with Gasteiger partial charge in [-0.3, -0.25) is 24.7 Å². The van der Waals surface area contributed by atoms with E-state index in [9.17, 15) is 23.2 Å². The first-order chi connectivity index (χ1) is 17.8. The number of hydrogen-bond acceptors (Lipinski definition) is 5. The van der Waals surface area contributed by atoms with E-state index >= 15 is 0 Å². The normalized spacial score (nSPS) is 15.1. The standard InChI is InChI=1S/C26H22F2N4O4S/c1-2-36-21-8-4-7-19(14-21)29-23(33)15-22-25(35)31(20-11-9-17(27)10-12-20)26(37)32(22)30-24(34)16-5-3-6-18(28)13-16/h3-14,22H,2,15H2,1H3,(H,29,33)(H,30,34). The summed E-state index contributed by atoms with van der Waals surface area (Å²) in [6.07, 6.45) is -0.376. The summed E-state index contributed by atoms with van der Waals surface area (Å²) >= 11 is 5.45. The van der Waals surface area contributed by atoms with Gasteiger partial charge in [-0.1, -0.05) is 12.1 Å². The van der Waals surface area contributed by atoms with Crippen molar-refractivity contribution in [2.24, 2.45) is 0 Å². The van der Waals surface area contributed by atoms with E-state index in [0.717, 1.165) is 28.1 Å². The summed E-state index contributed by atoms with van der Waals surface area (Å²) in [6.45, 7) is 2.28. The molecule has 0 spiro atoms. The van der Waals surface area contributed by atoms with Crippen LogP contribution in [0.4, 0.5) is 20.2 Å². The number of benzene rings is 3. The zero-order chi connectivity index (χ0) is 26.5. The van der Waals surface area contributed by atoms with Gasteiger partial charge in [0.1, 0.15) is 23.4 Å². The second kappa shape index (κ2) is 11.1. The Morgan fingerprint density at radius 1 is 1.00 bits per heavy atom. The number of rotatable bonds is 8. The Labute approximate surface area is 216 Å². The van der Waals surface area contributed by atoms with Crippen LogP contribution in [-0.2, 0) is 9.59 Å². The van der Waals surface area contributed by atoms with E-state index in [1.165, 1.54) is 30.3 Å². The van der Waals surface area contributed by atoms with E-state index < -0.39 is 35.4 Å². The zero-order valence-electron chi connectivity index (χ0n) is 19.6. The van der Waals surface area contributed by atoms with Gasteiger partial charge in [-0.05, 0) is 73.7 Å². The molecule has 3 aromatic carbocycles. The van der Waals surface area contributed by atoms with Crippen molar-refractivity contribution in [2.75, 3.05) is 16.8 Å². The van der Waals surface area contributed by atoms with Gasteiger partial charge in [0, 0.05) is 17.3 Å². The number of hydrogen-bond donors (Lipinski definition) is 2. The van der Waals surface area contributed by atoms with Crippen LogP contribution in [0.25, 0.3) is 0 Å². The molecule has 1 unspecified atom stereocenters. The zero-order valence-corrected chi connectivity index (χ0v) is 20.4. The maximum absolute atomic E-state index is 13.7. The average molecular weight is 525 g/mol. The lowest BCUT2D eigenvalue weighted by molar-refractivity contribution is -0.124. The van der Waals surface area contributed by atoms with Gasteiger partial charge in [0.25, 0.3) is 11.8 Å². The fourth-order valence-corrected chi connectivity index (χ4v) is 4.12. The molecule has 2 N–H and O–H groups in total. The van der Waals surface area contributed by atoms with Crippen molar-refractivity contribution in [3.63, 3.8) is 0 Å². The summed E-state index contributed by atoms with van der Waals surface area (Å²) < 4.78 is 32.6. The van der Waals surface area contributed by atoms with Crippen molar-refractivity contribution in [1.29, 1.82) is 0 Å². The van der Waals surface area contributed by atoms with E-state index in [2.05, 4.69) is 10.7 Å². The molecule has 1 saturated heterocycles. The molecule has 3 aromatic rings. The Morgan fingerprint density at radius 2 is 1.73 bits per heavy atom. The summed E-state index contributed by atoms with van der Waals surface area (Å²) in [7, 11) is 0. The van der Waals surface area contributed by atoms with Crippen LogP contribution in [0.15, 0.2) is 72.8 Å². The highest BCUT2D eigenvalue weighted by atomic mass is 32.1. The van der Waals surface area contributed by atoms with Gasteiger partial charge >= 0.3 is 0 Å². The smallest absolute Gasteiger partial charge is 0.269 e. The topological polar surface area (TPSA) is 91.0 Å². The quantitative estimate of drug-likeness (QED) is 0.433. The molecule has 0 saturated carbocycles. The van der Waals surface area contributed by atoms with Crippen LogP contribution in [0.5, 0.6) is 5.75 Å². The summed E-state index contributed by atoms with van der Waals surface area (Å²) in [5.74, 6) is -2.43. The molecule has 4 rings (SSSR count). The summed E-state index contributed by atoms with van der Waals surface area (Å²) in [5, 5.41) is 3.67. The number of halogens is 2. The molecular weight excluding hydrogens is 502 g/mol. The van der Waals surface area contributed by atoms with Crippen molar-refractivity contribution in [2.45, 2.75) is 19.4 Å². The molecule has 1 atom stereocenters. The Balaban J connectivity index is 1.58. The van der Waals surface area contributed by atoms with Crippen molar-refractivity contribution in [3.8, 4) is 5.75 Å². The third-order valence-corrected chi connectivity index (χ3v) is 5.79. The van der Waals surface area contributed by atoms with Crippen LogP contribution in [-0.4, -0.2) is 40.5 Å². The van der Waals surface area contributed by atoms with Gasteiger partial charge < -0.3 is 10.1 Å². The molecular formula is C26H22F2N4O4S. The fourth-order valence-electron chi connectivity index (χ4n) is 3.75. The number of carbonyl (C=O) groups excluding carboxylic acids is 3. The Bertz CT molecular complexity index is 1350. The van der Waals surface area contributed by atoms with Gasteiger partial charge in [0.2, 0.25) is 11.0 Å². The van der Waals surface area contributed by atoms with Crippen molar-refractivity contribution in [3.05, 3.63) is 90.0 Å². The van der Waals surface area contributed by atoms with Crippen LogP contribution in [0.1, 0.15) is 23.7 Å². The van der Waals surface area contributed by atoms with Crippen molar-refractivity contribution < 1.29 is 27.9 Å². The van der Waals surface area contributed by atoms with Crippen LogP contribution < -0.4 is 20.4 Å². The summed E-state index contributed by atoms with van der Waals surface area (Å²) in [4.78, 5) is 40.3. The molecule has 1 heterocycles. The number of ether oxygens (including phenoxy) is 1. The maximum atomic E-state index is 13.7. The highest BCUT2D eigenvalue weighted by Crippen LogP contribution is 2.27. The molecule has 1 fully saturated rings. The second-order valence-electron chi connectivity index (χ2n) is 7.98. The van der Waals surface area contributed by atoms with E-state index in [0.29, 0.717) is 18.0 Å². The predicted octanol–water partition coefficient (Wildman–Crippen LogP) is 4.04. The molecule has 0 bridgehead atoms. The lowest BCUT2D eigenvalue weighted by Crippen LogP contribution is -2.49. The molecule has 0 aliphatic carbocycles. The van der Waals surface area contributed by atoms with Crippen LogP contribution in [0, 0.1) is 11.6 Å². The average Bonchev–Trinajstić information content (AvgIpc) is 3.09. The molecule has 0 aromatic heterocycles. The van der Waals surface area contributed by atoms with Gasteiger partial charge in [0.05, 0.1) is 18.7 Å². The van der Waals surface area contributed by atoms with Crippen molar-refractivity contribution in [1.82, 2.24) is 10.4 Å². The molecule has 11 heteroatoms. The molecule has 190 valence electrons. The number of thiocarbonyl (C=S) groups is 1. The lowest BCUT2D eigenvalue weighted by Gasteiger charge is -2.24. The van der Waals surface area contributed by atoms with Crippen LogP contribution in [0.3, 0.4) is 0 Å². The highest BCUT2D eigenvalue weighted by molar-refractivity contribution is 7.80. The number of carbonyl (C=O) groups is 3. The number of hydrazine groups is 1. The monoisotopic (exact) mass is 524 g/mol. The first-order valence-electron chi connectivity index (χ1n) is 11.3. The molecule has 8 nitrogen and oxygen atoms in total. The van der Waals surface area contributed by atoms with Crippen LogP contribution in [0.2, 0.25) is 0 Å². The fraction of sp³-hybridized carbons (Fsp3) is 0.154. The molecule has 37 heavy (non-hydrogen) atoms. The molecule has 3 amide bonds. The second-order valence-corrected chi connectivity index (χ2v) is 8.35. The summed E-state index contributed by atoms with van der Waals surface area (Å²) in [5.41, 5.74) is 3.21. The first-order valence-corrected chi connectivity index (χ1v) is 11.7. The minimum Gasteiger partial charge on any atom is -0.494 e. The third-order valence-electron chi connectivity index (χ3n) is 5.42. The summed E-state index contributed by atoms with van der Waals surface area (Å²) in [6, 6.07) is 15.5. The van der Waals surface area contributed by atoms with Gasteiger partial charge in [-0.25, -0.2) is 13.8 Å². The Hall–Kier alpha value is -4.38. The van der Waals surface area contributed by atoms with Gasteiger partial charge in [0.15, 0.2) is 0 Å². The van der Waals surface area contributed by atoms with E-state index in [1.807, 2.05) is 6.92 Å². The number of amides is 3. The maximum Gasteiger partial charge on any atom is 0.269 e. The van der Waals surface area contributed by atoms with E-state index in [-0.39, 0.29) is 22.8 Å². The molecule has 0 radical (unpaired) electrons. The van der Waals surface area contributed by atoms with E-state index in [4.69, 9.17) is 17.0 Å². The minimum atomic E-state index is -1.22. The van der Waals surface area contributed by atoms with Crippen molar-refractivity contribution >= 4 is 46.4 Å². The lowest BCUT2D eigenvalue weighted by atomic mass is 10.1. The largest absolute Gasteiger partial charge is 0.494 e. The third kappa shape index (κ3) is 5.89. The molecule has 1 aliphatic heterocycles. The molecule has 1 aliphatic rings. The first kappa shape index (κ1) is 25.7. The number of nitrogens with zero attached hydrogens (tertiary/aromatic N) is 2. The van der Waals surface area contributed by atoms with Crippen LogP contribution >= 0.6 is 12.2 Å². The van der Waals surface area contributed by atoms with E-state index in [1.54, 1.807) is 24.3 Å². The number of nitrogens with one attached hydrogen (secondary N) is 2. The Morgan fingerprint density at radius 3 is 2.43 bits per heavy atom. The van der Waals surface area contributed by atoms with Gasteiger partial charge in [-0.15, -0.1) is 0 Å². The van der Waals surface area contributed by atoms with Gasteiger partial charge in [-0.2, -0.15) is 0 Å².